The third-order valence-electron chi connectivity index (χ3n) is 2.75. The smallest absolute Gasteiger partial charge is 0.105 e. The fourth-order valence-corrected chi connectivity index (χ4v) is 3.32. The van der Waals surface area contributed by atoms with Gasteiger partial charge in [0.05, 0.1) is 15.9 Å². The molecule has 90 valence electrons. The lowest BCUT2D eigenvalue weighted by molar-refractivity contribution is 1.36. The van der Waals surface area contributed by atoms with Crippen LogP contribution in [0.4, 0.5) is 5.69 Å². The first-order chi connectivity index (χ1) is 8.74. The molecule has 0 radical (unpaired) electrons. The fraction of sp³-hybridized carbons (Fsp3) is 0.0714. The Morgan fingerprint density at radius 3 is 2.67 bits per heavy atom. The molecule has 4 heteroatoms. The van der Waals surface area contributed by atoms with Crippen LogP contribution in [0.15, 0.2) is 51.7 Å². The van der Waals surface area contributed by atoms with Crippen molar-refractivity contribution in [2.45, 2.75) is 16.7 Å². The van der Waals surface area contributed by atoms with Gasteiger partial charge in [-0.2, -0.15) is 0 Å². The maximum absolute atomic E-state index is 6.16. The number of fused-ring (bicyclic) bond motifs is 1. The lowest BCUT2D eigenvalue weighted by Gasteiger charge is -2.06. The summed E-state index contributed by atoms with van der Waals surface area (Å²) in [6.45, 7) is 2.09. The fourth-order valence-electron chi connectivity index (χ4n) is 1.76. The zero-order valence-electron chi connectivity index (χ0n) is 9.88. The summed E-state index contributed by atoms with van der Waals surface area (Å²) in [5.74, 6) is 0. The summed E-state index contributed by atoms with van der Waals surface area (Å²) in [7, 11) is 0. The Labute approximate surface area is 114 Å². The number of hydrogen-bond acceptors (Lipinski definition) is 4. The Balaban J connectivity index is 1.99. The van der Waals surface area contributed by atoms with Crippen LogP contribution in [0, 0.1) is 6.92 Å². The van der Waals surface area contributed by atoms with E-state index in [1.807, 2.05) is 5.51 Å². The van der Waals surface area contributed by atoms with Crippen LogP contribution in [0.25, 0.3) is 10.2 Å². The van der Waals surface area contributed by atoms with E-state index in [1.54, 1.807) is 23.1 Å². The summed E-state index contributed by atoms with van der Waals surface area (Å²) in [5.41, 5.74) is 11.0. The molecule has 3 aromatic rings. The molecule has 0 unspecified atom stereocenters. The van der Waals surface area contributed by atoms with Crippen molar-refractivity contribution in [3.8, 4) is 0 Å². The number of hydrogen-bond donors (Lipinski definition) is 1. The third-order valence-corrected chi connectivity index (χ3v) is 4.63. The van der Waals surface area contributed by atoms with Crippen LogP contribution in [0.1, 0.15) is 5.56 Å². The molecule has 0 saturated carbocycles. The number of benzene rings is 2. The second-order valence-corrected chi connectivity index (χ2v) is 6.09. The minimum absolute atomic E-state index is 0.777. The highest BCUT2D eigenvalue weighted by molar-refractivity contribution is 7.99. The Kier molecular flexibility index (Phi) is 2.97. The standard InChI is InChI=1S/C14H12N2S2/c1-9-2-4-10(5-3-9)18-11-6-7-12-14(13(11)15)16-8-17-12/h2-8H,15H2,1H3. The number of aromatic nitrogens is 1. The summed E-state index contributed by atoms with van der Waals surface area (Å²) in [5, 5.41) is 0. The van der Waals surface area contributed by atoms with Gasteiger partial charge in [-0.05, 0) is 31.2 Å². The lowest BCUT2D eigenvalue weighted by Crippen LogP contribution is -1.90. The SMILES string of the molecule is Cc1ccc(Sc2ccc3scnc3c2N)cc1. The van der Waals surface area contributed by atoms with Crippen LogP contribution in [0.5, 0.6) is 0 Å². The molecular weight excluding hydrogens is 260 g/mol. The van der Waals surface area contributed by atoms with Crippen molar-refractivity contribution in [1.82, 2.24) is 4.98 Å². The number of nitrogen functional groups attached to an aromatic ring is 1. The Morgan fingerprint density at radius 1 is 1.11 bits per heavy atom. The van der Waals surface area contributed by atoms with E-state index >= 15 is 0 Å². The molecule has 0 spiro atoms. The van der Waals surface area contributed by atoms with Crippen molar-refractivity contribution in [2.75, 3.05) is 5.73 Å². The Morgan fingerprint density at radius 2 is 1.89 bits per heavy atom. The molecule has 0 saturated heterocycles. The van der Waals surface area contributed by atoms with Gasteiger partial charge >= 0.3 is 0 Å². The summed E-state index contributed by atoms with van der Waals surface area (Å²) in [6, 6.07) is 12.6. The molecule has 0 aliphatic heterocycles. The van der Waals surface area contributed by atoms with Crippen molar-refractivity contribution in [3.63, 3.8) is 0 Å². The van der Waals surface area contributed by atoms with Gasteiger partial charge in [0.2, 0.25) is 0 Å². The van der Waals surface area contributed by atoms with Crippen molar-refractivity contribution < 1.29 is 0 Å². The molecule has 1 aromatic heterocycles. The molecule has 0 amide bonds. The van der Waals surface area contributed by atoms with Crippen molar-refractivity contribution >= 4 is 39.0 Å². The second kappa shape index (κ2) is 4.63. The summed E-state index contributed by atoms with van der Waals surface area (Å²) in [6.07, 6.45) is 0. The van der Waals surface area contributed by atoms with E-state index in [2.05, 4.69) is 48.3 Å². The first kappa shape index (κ1) is 11.6. The Bertz CT molecular complexity index is 687. The molecule has 0 aliphatic rings. The largest absolute Gasteiger partial charge is 0.396 e. The molecule has 2 aromatic carbocycles. The van der Waals surface area contributed by atoms with E-state index in [1.165, 1.54) is 10.5 Å². The van der Waals surface area contributed by atoms with Gasteiger partial charge in [0.25, 0.3) is 0 Å². The van der Waals surface area contributed by atoms with E-state index in [9.17, 15) is 0 Å². The van der Waals surface area contributed by atoms with Crippen molar-refractivity contribution in [1.29, 1.82) is 0 Å². The molecule has 1 heterocycles. The van der Waals surface area contributed by atoms with E-state index in [0.717, 1.165) is 20.8 Å². The van der Waals surface area contributed by atoms with Gasteiger partial charge in [0.15, 0.2) is 0 Å². The number of nitrogens with two attached hydrogens (primary N) is 1. The Hall–Kier alpha value is -1.52. The monoisotopic (exact) mass is 272 g/mol. The van der Waals surface area contributed by atoms with E-state index in [0.29, 0.717) is 0 Å². The van der Waals surface area contributed by atoms with Crippen molar-refractivity contribution in [2.24, 2.45) is 0 Å². The molecule has 18 heavy (non-hydrogen) atoms. The van der Waals surface area contributed by atoms with Gasteiger partial charge < -0.3 is 5.73 Å². The predicted octanol–water partition coefficient (Wildman–Crippen LogP) is 4.34. The van der Waals surface area contributed by atoms with Gasteiger partial charge in [0.1, 0.15) is 5.52 Å². The molecule has 0 bridgehead atoms. The number of thiazole rings is 1. The van der Waals surface area contributed by atoms with E-state index in [4.69, 9.17) is 5.73 Å². The lowest BCUT2D eigenvalue weighted by atomic mass is 10.2. The topological polar surface area (TPSA) is 38.9 Å². The second-order valence-electron chi connectivity index (χ2n) is 4.09. The highest BCUT2D eigenvalue weighted by Crippen LogP contribution is 2.36. The van der Waals surface area contributed by atoms with Gasteiger partial charge in [-0.15, -0.1) is 11.3 Å². The van der Waals surface area contributed by atoms with Gasteiger partial charge in [-0.25, -0.2) is 4.98 Å². The summed E-state index contributed by atoms with van der Waals surface area (Å²) < 4.78 is 1.14. The number of rotatable bonds is 2. The zero-order chi connectivity index (χ0) is 12.5. The first-order valence-corrected chi connectivity index (χ1v) is 7.30. The highest BCUT2D eigenvalue weighted by atomic mass is 32.2. The summed E-state index contributed by atoms with van der Waals surface area (Å²) in [4.78, 5) is 6.58. The predicted molar refractivity (Wildman–Crippen MR) is 79.3 cm³/mol. The van der Waals surface area contributed by atoms with Crippen LogP contribution in [0.2, 0.25) is 0 Å². The average molecular weight is 272 g/mol. The molecule has 2 nitrogen and oxygen atoms in total. The number of anilines is 1. The first-order valence-electron chi connectivity index (χ1n) is 5.60. The quantitative estimate of drug-likeness (QED) is 0.705. The highest BCUT2D eigenvalue weighted by Gasteiger charge is 2.08. The molecule has 0 atom stereocenters. The maximum atomic E-state index is 6.16. The average Bonchev–Trinajstić information content (AvgIpc) is 2.84. The maximum Gasteiger partial charge on any atom is 0.105 e. The molecule has 0 aliphatic carbocycles. The molecule has 3 rings (SSSR count). The molecule has 2 N–H and O–H groups in total. The van der Waals surface area contributed by atoms with Gasteiger partial charge in [-0.3, -0.25) is 0 Å². The molecule has 0 fully saturated rings. The minimum Gasteiger partial charge on any atom is -0.396 e. The van der Waals surface area contributed by atoms with E-state index < -0.39 is 0 Å². The van der Waals surface area contributed by atoms with E-state index in [-0.39, 0.29) is 0 Å². The van der Waals surface area contributed by atoms with Crippen LogP contribution in [0.3, 0.4) is 0 Å². The van der Waals surface area contributed by atoms with Crippen LogP contribution < -0.4 is 5.73 Å². The van der Waals surface area contributed by atoms with Gasteiger partial charge in [-0.1, -0.05) is 29.5 Å². The summed E-state index contributed by atoms with van der Waals surface area (Å²) >= 11 is 3.30. The number of aryl methyl sites for hydroxylation is 1. The van der Waals surface area contributed by atoms with Crippen LogP contribution in [-0.4, -0.2) is 4.98 Å². The third kappa shape index (κ3) is 2.09. The van der Waals surface area contributed by atoms with Crippen molar-refractivity contribution in [3.05, 3.63) is 47.5 Å². The zero-order valence-corrected chi connectivity index (χ0v) is 11.5. The minimum atomic E-state index is 0.777. The van der Waals surface area contributed by atoms with Crippen LogP contribution in [-0.2, 0) is 0 Å². The number of nitrogens with zero attached hydrogens (tertiary/aromatic N) is 1. The normalized spacial score (nSPS) is 10.9. The van der Waals surface area contributed by atoms with Gasteiger partial charge in [0, 0.05) is 9.79 Å². The molecular formula is C14H12N2S2. The van der Waals surface area contributed by atoms with Crippen LogP contribution >= 0.6 is 23.1 Å².